The number of hydrogen-bond donors (Lipinski definition) is 1. The summed E-state index contributed by atoms with van der Waals surface area (Å²) in [7, 11) is 0. The van der Waals surface area contributed by atoms with E-state index in [0.717, 1.165) is 19.4 Å². The van der Waals surface area contributed by atoms with Crippen LogP contribution in [0, 0.1) is 5.92 Å². The molecule has 20 heavy (non-hydrogen) atoms. The monoisotopic (exact) mass is 273 g/mol. The zero-order chi connectivity index (χ0) is 14.1. The molecule has 6 heteroatoms. The van der Waals surface area contributed by atoms with E-state index in [-0.39, 0.29) is 11.9 Å². The van der Waals surface area contributed by atoms with Gasteiger partial charge in [-0.1, -0.05) is 6.92 Å². The lowest BCUT2D eigenvalue weighted by Gasteiger charge is -2.37. The van der Waals surface area contributed by atoms with Crippen molar-refractivity contribution in [2.75, 3.05) is 13.1 Å². The number of piperidine rings is 1. The summed E-state index contributed by atoms with van der Waals surface area (Å²) in [6.45, 7) is 3.44. The first kappa shape index (κ1) is 13.1. The molecule has 1 aliphatic rings. The van der Waals surface area contributed by atoms with Crippen molar-refractivity contribution in [3.63, 3.8) is 0 Å². The van der Waals surface area contributed by atoms with Crippen molar-refractivity contribution in [1.29, 1.82) is 0 Å². The van der Waals surface area contributed by atoms with Crippen molar-refractivity contribution >= 4 is 11.6 Å². The summed E-state index contributed by atoms with van der Waals surface area (Å²) in [5.41, 5.74) is 6.84. The van der Waals surface area contributed by atoms with Gasteiger partial charge in [0.15, 0.2) is 11.3 Å². The molecule has 3 heterocycles. The molecule has 0 spiro atoms. The Morgan fingerprint density at radius 2 is 2.15 bits per heavy atom. The molecule has 0 aliphatic carbocycles. The third-order valence-corrected chi connectivity index (χ3v) is 4.02. The molecular formula is C14H19N5O. The molecular weight excluding hydrogens is 254 g/mol. The first-order valence-electron chi connectivity index (χ1n) is 6.99. The molecule has 2 unspecified atom stereocenters. The van der Waals surface area contributed by atoms with Crippen LogP contribution in [0.5, 0.6) is 0 Å². The van der Waals surface area contributed by atoms with Gasteiger partial charge in [-0.25, -0.2) is 9.97 Å². The van der Waals surface area contributed by atoms with E-state index in [1.807, 2.05) is 15.5 Å². The standard InChI is InChI=1S/C14H19N5O/c1-10-2-5-19(11(8-10)9-15)14(20)12-13-17-4-7-18(13)6-3-16-12/h3-4,6-7,10-11H,2,5,8-9,15H2,1H3. The fourth-order valence-corrected chi connectivity index (χ4v) is 2.88. The molecule has 2 N–H and O–H groups in total. The molecule has 1 fully saturated rings. The Hall–Kier alpha value is -1.95. The zero-order valence-corrected chi connectivity index (χ0v) is 11.6. The molecule has 3 rings (SSSR count). The molecule has 2 aromatic heterocycles. The fourth-order valence-electron chi connectivity index (χ4n) is 2.88. The summed E-state index contributed by atoms with van der Waals surface area (Å²) in [4.78, 5) is 23.0. The number of imidazole rings is 1. The van der Waals surface area contributed by atoms with Crippen molar-refractivity contribution in [1.82, 2.24) is 19.3 Å². The highest BCUT2D eigenvalue weighted by atomic mass is 16.2. The quantitative estimate of drug-likeness (QED) is 0.883. The van der Waals surface area contributed by atoms with Gasteiger partial charge >= 0.3 is 0 Å². The van der Waals surface area contributed by atoms with Gasteiger partial charge in [0.2, 0.25) is 0 Å². The number of nitrogens with two attached hydrogens (primary N) is 1. The Morgan fingerprint density at radius 1 is 1.40 bits per heavy atom. The Morgan fingerprint density at radius 3 is 2.90 bits per heavy atom. The third kappa shape index (κ3) is 2.16. The van der Waals surface area contributed by atoms with Gasteiger partial charge in [0, 0.05) is 43.9 Å². The van der Waals surface area contributed by atoms with Crippen LogP contribution in [0.3, 0.4) is 0 Å². The topological polar surface area (TPSA) is 76.5 Å². The highest BCUT2D eigenvalue weighted by molar-refractivity contribution is 5.98. The van der Waals surface area contributed by atoms with E-state index in [0.29, 0.717) is 23.8 Å². The van der Waals surface area contributed by atoms with E-state index >= 15 is 0 Å². The summed E-state index contributed by atoms with van der Waals surface area (Å²) in [5.74, 6) is 0.548. The molecule has 106 valence electrons. The maximum Gasteiger partial charge on any atom is 0.276 e. The third-order valence-electron chi connectivity index (χ3n) is 4.02. The minimum absolute atomic E-state index is 0.0656. The number of carbonyl (C=O) groups excluding carboxylic acids is 1. The number of fused-ring (bicyclic) bond motifs is 1. The molecule has 1 aliphatic heterocycles. The Kier molecular flexibility index (Phi) is 3.40. The Labute approximate surface area is 117 Å². The molecule has 0 aromatic carbocycles. The number of hydrogen-bond acceptors (Lipinski definition) is 4. The number of nitrogens with zero attached hydrogens (tertiary/aromatic N) is 4. The minimum atomic E-state index is -0.0656. The van der Waals surface area contributed by atoms with Gasteiger partial charge in [-0.2, -0.15) is 0 Å². The van der Waals surface area contributed by atoms with Gasteiger partial charge in [0.1, 0.15) is 0 Å². The van der Waals surface area contributed by atoms with Crippen LogP contribution >= 0.6 is 0 Å². The fraction of sp³-hybridized carbons (Fsp3) is 0.500. The van der Waals surface area contributed by atoms with E-state index in [1.54, 1.807) is 18.6 Å². The van der Waals surface area contributed by atoms with E-state index in [9.17, 15) is 4.79 Å². The zero-order valence-electron chi connectivity index (χ0n) is 11.6. The predicted molar refractivity (Wildman–Crippen MR) is 75.3 cm³/mol. The average molecular weight is 273 g/mol. The first-order chi connectivity index (χ1) is 9.70. The van der Waals surface area contributed by atoms with Crippen LogP contribution in [-0.4, -0.2) is 44.3 Å². The summed E-state index contributed by atoms with van der Waals surface area (Å²) in [5, 5.41) is 0. The maximum atomic E-state index is 12.7. The molecule has 1 saturated heterocycles. The highest BCUT2D eigenvalue weighted by Crippen LogP contribution is 2.23. The van der Waals surface area contributed by atoms with Crippen LogP contribution < -0.4 is 5.73 Å². The van der Waals surface area contributed by atoms with Crippen molar-refractivity contribution in [3.05, 3.63) is 30.5 Å². The lowest BCUT2D eigenvalue weighted by Crippen LogP contribution is -2.49. The van der Waals surface area contributed by atoms with Crippen molar-refractivity contribution in [2.24, 2.45) is 11.7 Å². The number of rotatable bonds is 2. The second kappa shape index (κ2) is 5.20. The molecule has 0 radical (unpaired) electrons. The van der Waals surface area contributed by atoms with Crippen LogP contribution in [0.2, 0.25) is 0 Å². The second-order valence-electron chi connectivity index (χ2n) is 5.45. The lowest BCUT2D eigenvalue weighted by molar-refractivity contribution is 0.0569. The molecule has 0 bridgehead atoms. The molecule has 2 atom stereocenters. The van der Waals surface area contributed by atoms with Crippen LogP contribution in [0.4, 0.5) is 0 Å². The van der Waals surface area contributed by atoms with Gasteiger partial charge < -0.3 is 15.0 Å². The van der Waals surface area contributed by atoms with Gasteiger partial charge in [0.05, 0.1) is 0 Å². The van der Waals surface area contributed by atoms with Crippen molar-refractivity contribution < 1.29 is 4.79 Å². The predicted octanol–water partition coefficient (Wildman–Crippen LogP) is 0.929. The maximum absolute atomic E-state index is 12.7. The molecule has 0 saturated carbocycles. The normalized spacial score (nSPS) is 23.2. The molecule has 2 aromatic rings. The molecule has 6 nitrogen and oxygen atoms in total. The number of aromatic nitrogens is 3. The van der Waals surface area contributed by atoms with Crippen molar-refractivity contribution in [2.45, 2.75) is 25.8 Å². The largest absolute Gasteiger partial charge is 0.333 e. The van der Waals surface area contributed by atoms with E-state index in [1.165, 1.54) is 0 Å². The lowest BCUT2D eigenvalue weighted by atomic mass is 9.92. The van der Waals surface area contributed by atoms with E-state index in [2.05, 4.69) is 16.9 Å². The van der Waals surface area contributed by atoms with Crippen LogP contribution in [0.1, 0.15) is 30.3 Å². The Balaban J connectivity index is 1.93. The number of carbonyl (C=O) groups is 1. The summed E-state index contributed by atoms with van der Waals surface area (Å²) in [6, 6.07) is 0.100. The van der Waals surface area contributed by atoms with Gasteiger partial charge in [-0.3, -0.25) is 4.79 Å². The van der Waals surface area contributed by atoms with Gasteiger partial charge in [-0.05, 0) is 18.8 Å². The minimum Gasteiger partial charge on any atom is -0.333 e. The number of likely N-dealkylation sites (tertiary alicyclic amines) is 1. The average Bonchev–Trinajstić information content (AvgIpc) is 2.94. The van der Waals surface area contributed by atoms with Crippen molar-refractivity contribution in [3.8, 4) is 0 Å². The SMILES string of the molecule is CC1CCN(C(=O)c2nccn3ccnc23)C(CN)C1. The summed E-state index contributed by atoms with van der Waals surface area (Å²) < 4.78 is 1.81. The van der Waals surface area contributed by atoms with E-state index < -0.39 is 0 Å². The summed E-state index contributed by atoms with van der Waals surface area (Å²) >= 11 is 0. The number of amides is 1. The second-order valence-corrected chi connectivity index (χ2v) is 5.45. The molecule has 1 amide bonds. The highest BCUT2D eigenvalue weighted by Gasteiger charge is 2.31. The smallest absolute Gasteiger partial charge is 0.276 e. The van der Waals surface area contributed by atoms with E-state index in [4.69, 9.17) is 5.73 Å². The summed E-state index contributed by atoms with van der Waals surface area (Å²) in [6.07, 6.45) is 8.88. The van der Waals surface area contributed by atoms with Crippen LogP contribution in [0.15, 0.2) is 24.8 Å². The first-order valence-corrected chi connectivity index (χ1v) is 6.99. The van der Waals surface area contributed by atoms with Gasteiger partial charge in [-0.15, -0.1) is 0 Å². The Bertz CT molecular complexity index is 623. The van der Waals surface area contributed by atoms with Crippen LogP contribution in [-0.2, 0) is 0 Å². The van der Waals surface area contributed by atoms with Crippen LogP contribution in [0.25, 0.3) is 5.65 Å². The van der Waals surface area contributed by atoms with Gasteiger partial charge in [0.25, 0.3) is 5.91 Å².